The summed E-state index contributed by atoms with van der Waals surface area (Å²) in [6, 6.07) is 5.00. The molecule has 0 saturated carbocycles. The van der Waals surface area contributed by atoms with Gasteiger partial charge in [-0.25, -0.2) is 0 Å². The summed E-state index contributed by atoms with van der Waals surface area (Å²) in [5.74, 6) is -0.291. The van der Waals surface area contributed by atoms with Gasteiger partial charge in [-0.3, -0.25) is 0 Å². The van der Waals surface area contributed by atoms with Crippen LogP contribution in [0.15, 0.2) is 29.3 Å². The zero-order valence-corrected chi connectivity index (χ0v) is 7.52. The van der Waals surface area contributed by atoms with Gasteiger partial charge in [0.1, 0.15) is 5.75 Å². The maximum Gasteiger partial charge on any atom is 0.573 e. The molecule has 0 bridgehead atoms. The van der Waals surface area contributed by atoms with Crippen LogP contribution in [0.3, 0.4) is 0 Å². The number of benzene rings is 1. The Bertz CT molecular complexity index is 354. The lowest BCUT2D eigenvalue weighted by molar-refractivity contribution is -0.274. The number of rotatable bonds is 2. The molecule has 0 aliphatic heterocycles. The Hall–Kier alpha value is -1.39. The predicted octanol–water partition coefficient (Wildman–Crippen LogP) is 3.32. The van der Waals surface area contributed by atoms with Gasteiger partial charge in [0.2, 0.25) is 0 Å². The summed E-state index contributed by atoms with van der Waals surface area (Å²) in [4.78, 5) is 3.57. The predicted molar refractivity (Wildman–Crippen MR) is 47.8 cm³/mol. The summed E-state index contributed by atoms with van der Waals surface area (Å²) < 4.78 is 38.8. The maximum atomic E-state index is 11.7. The van der Waals surface area contributed by atoms with Gasteiger partial charge in [0, 0.05) is 0 Å². The van der Waals surface area contributed by atoms with E-state index in [1.54, 1.807) is 0 Å². The minimum atomic E-state index is -4.67. The monoisotopic (exact) mass is 225 g/mol. The Morgan fingerprint density at radius 3 is 2.21 bits per heavy atom. The number of aliphatic imine (C=N–C) groups is 1. The van der Waals surface area contributed by atoms with Crippen molar-refractivity contribution in [1.82, 2.24) is 0 Å². The highest BCUT2D eigenvalue weighted by Gasteiger charge is 2.30. The molecule has 14 heavy (non-hydrogen) atoms. The van der Waals surface area contributed by atoms with Crippen molar-refractivity contribution in [3.05, 3.63) is 24.3 Å². The van der Waals surface area contributed by atoms with E-state index in [9.17, 15) is 13.2 Å². The highest BCUT2D eigenvalue weighted by molar-refractivity contribution is 7.78. The van der Waals surface area contributed by atoms with Gasteiger partial charge < -0.3 is 4.74 Å². The Morgan fingerprint density at radius 1 is 1.21 bits per heavy atom. The fourth-order valence-electron chi connectivity index (χ4n) is 0.775. The molecule has 0 radical (unpaired) electrons. The van der Waals surface area contributed by atoms with Crippen LogP contribution in [0.4, 0.5) is 18.9 Å². The van der Waals surface area contributed by atoms with E-state index in [0.29, 0.717) is 5.69 Å². The van der Waals surface area contributed by atoms with Crippen molar-refractivity contribution >= 4 is 23.1 Å². The molecule has 0 aliphatic carbocycles. The van der Waals surface area contributed by atoms with Crippen LogP contribution in [-0.4, -0.2) is 11.5 Å². The molecule has 0 amide bonds. The topological polar surface area (TPSA) is 21.6 Å². The van der Waals surface area contributed by atoms with Crippen molar-refractivity contribution < 1.29 is 17.9 Å². The molecular formula is C8H4F3NOS. The lowest BCUT2D eigenvalue weighted by Gasteiger charge is -2.07. The molecule has 0 unspecified atom stereocenters. The standard InChI is InChI=1S/C8H4F3NOS/c9-8(10,11)13-7-3-1-6(2-4-7)12-5-14/h1-4H/i1+1,2+1,3+1,4+1,6+1,7+1. The molecule has 0 heterocycles. The molecule has 74 valence electrons. The lowest BCUT2D eigenvalue weighted by atomic mass is 11.2. The van der Waals surface area contributed by atoms with E-state index in [-0.39, 0.29) is 5.75 Å². The van der Waals surface area contributed by atoms with Gasteiger partial charge in [0.05, 0.1) is 10.8 Å². The van der Waals surface area contributed by atoms with Gasteiger partial charge in [0.25, 0.3) is 0 Å². The van der Waals surface area contributed by atoms with E-state index in [1.807, 2.05) is 0 Å². The minimum Gasteiger partial charge on any atom is -0.406 e. The fourth-order valence-corrected chi connectivity index (χ4v) is 0.880. The van der Waals surface area contributed by atoms with Gasteiger partial charge in [-0.2, -0.15) is 4.99 Å². The van der Waals surface area contributed by atoms with E-state index < -0.39 is 6.36 Å². The first-order valence-electron chi connectivity index (χ1n) is 3.45. The molecule has 0 spiro atoms. The number of isothiocyanates is 1. The summed E-state index contributed by atoms with van der Waals surface area (Å²) in [7, 11) is 0. The summed E-state index contributed by atoms with van der Waals surface area (Å²) in [6.45, 7) is 0. The number of alkyl halides is 3. The van der Waals surface area contributed by atoms with Crippen molar-refractivity contribution in [3.8, 4) is 5.75 Å². The quantitative estimate of drug-likeness (QED) is 0.568. The maximum absolute atomic E-state index is 11.7. The molecule has 0 atom stereocenters. The Balaban J connectivity index is 2.78. The fraction of sp³-hybridized carbons (Fsp3) is 0.125. The molecule has 6 heteroatoms. The minimum absolute atomic E-state index is 0.291. The number of hydrogen-bond donors (Lipinski definition) is 0. The zero-order chi connectivity index (χ0) is 10.6. The average Bonchev–Trinajstić information content (AvgIpc) is 2.06. The van der Waals surface area contributed by atoms with Crippen LogP contribution in [0.5, 0.6) is 5.75 Å². The van der Waals surface area contributed by atoms with E-state index in [1.165, 1.54) is 12.1 Å². The Labute approximate surface area is 83.0 Å². The van der Waals surface area contributed by atoms with Crippen LogP contribution in [0.2, 0.25) is 0 Å². The van der Waals surface area contributed by atoms with Crippen molar-refractivity contribution in [2.75, 3.05) is 0 Å². The van der Waals surface area contributed by atoms with Gasteiger partial charge in [0.15, 0.2) is 0 Å². The third kappa shape index (κ3) is 3.55. The van der Waals surface area contributed by atoms with Crippen molar-refractivity contribution in [3.63, 3.8) is 0 Å². The molecule has 0 fully saturated rings. The van der Waals surface area contributed by atoms with E-state index in [4.69, 9.17) is 0 Å². The summed E-state index contributed by atoms with van der Waals surface area (Å²) >= 11 is 4.33. The normalized spacial score (nSPS) is 10.5. The van der Waals surface area contributed by atoms with Gasteiger partial charge in [-0.05, 0) is 36.5 Å². The second kappa shape index (κ2) is 4.21. The van der Waals surface area contributed by atoms with Gasteiger partial charge in [-0.1, -0.05) is 0 Å². The summed E-state index contributed by atoms with van der Waals surface area (Å²) in [5.41, 5.74) is 0.425. The van der Waals surface area contributed by atoms with E-state index >= 15 is 0 Å². The number of halogens is 3. The third-order valence-electron chi connectivity index (χ3n) is 1.25. The lowest BCUT2D eigenvalue weighted by Crippen LogP contribution is -2.16. The average molecular weight is 225 g/mol. The number of thiocarbonyl (C=S) groups is 1. The van der Waals surface area contributed by atoms with Gasteiger partial charge >= 0.3 is 6.36 Å². The van der Waals surface area contributed by atoms with Crippen LogP contribution < -0.4 is 4.74 Å². The van der Waals surface area contributed by atoms with Crippen LogP contribution in [0, 0.1) is 0 Å². The first-order chi connectivity index (χ1) is 6.51. The molecule has 1 aromatic carbocycles. The van der Waals surface area contributed by atoms with Crippen molar-refractivity contribution in [2.45, 2.75) is 6.36 Å². The second-order valence-corrected chi connectivity index (χ2v) is 2.43. The molecular weight excluding hydrogens is 221 g/mol. The Kier molecular flexibility index (Phi) is 3.22. The van der Waals surface area contributed by atoms with Crippen molar-refractivity contribution in [1.29, 1.82) is 0 Å². The smallest absolute Gasteiger partial charge is 0.406 e. The number of ether oxygens (including phenoxy) is 1. The second-order valence-electron chi connectivity index (χ2n) is 2.24. The molecule has 1 aromatic rings. The van der Waals surface area contributed by atoms with E-state index in [0.717, 1.165) is 12.1 Å². The molecule has 0 aromatic heterocycles. The first-order valence-corrected chi connectivity index (χ1v) is 3.86. The van der Waals surface area contributed by atoms with Crippen LogP contribution in [0.1, 0.15) is 0 Å². The Morgan fingerprint density at radius 2 is 1.79 bits per heavy atom. The van der Waals surface area contributed by atoms with Crippen molar-refractivity contribution in [2.24, 2.45) is 4.99 Å². The van der Waals surface area contributed by atoms with E-state index in [2.05, 4.69) is 27.1 Å². The molecule has 0 N–H and O–H groups in total. The SMILES string of the molecule is FC(F)(F)O[13c]1[13cH][13cH][13c](N=C=S)[13cH][13cH]1. The highest BCUT2D eigenvalue weighted by atomic mass is 32.1. The van der Waals surface area contributed by atoms with Crippen LogP contribution in [0.25, 0.3) is 0 Å². The third-order valence-corrected chi connectivity index (χ3v) is 1.34. The molecule has 0 aliphatic rings. The zero-order valence-electron chi connectivity index (χ0n) is 6.71. The first kappa shape index (κ1) is 10.7. The molecule has 1 rings (SSSR count). The van der Waals surface area contributed by atoms with Crippen LogP contribution in [-0.2, 0) is 0 Å². The molecule has 0 saturated heterocycles. The van der Waals surface area contributed by atoms with Gasteiger partial charge in [-0.15, -0.1) is 13.2 Å². The summed E-state index contributed by atoms with van der Waals surface area (Å²) in [6.07, 6.45) is -4.67. The summed E-state index contributed by atoms with van der Waals surface area (Å²) in [5, 5.41) is 2.10. The highest BCUT2D eigenvalue weighted by Crippen LogP contribution is 2.24. The van der Waals surface area contributed by atoms with Crippen LogP contribution >= 0.6 is 12.2 Å². The largest absolute Gasteiger partial charge is 0.573 e. The molecule has 2 nitrogen and oxygen atoms in total. The number of nitrogens with zero attached hydrogens (tertiary/aromatic N) is 1. The number of hydrogen-bond acceptors (Lipinski definition) is 3.